The fourth-order valence-electron chi connectivity index (χ4n) is 0.958. The molecule has 1 aromatic heterocycles. The van der Waals surface area contributed by atoms with Crippen molar-refractivity contribution in [3.05, 3.63) is 17.5 Å². The van der Waals surface area contributed by atoms with Gasteiger partial charge in [0.1, 0.15) is 0 Å². The second kappa shape index (κ2) is 3.05. The van der Waals surface area contributed by atoms with E-state index in [4.69, 9.17) is 11.6 Å². The van der Waals surface area contributed by atoms with Gasteiger partial charge in [0.2, 0.25) is 0 Å². The summed E-state index contributed by atoms with van der Waals surface area (Å²) in [5.74, 6) is 0. The normalized spacial score (nSPS) is 10.1. The SMILES string of the molecule is CCn1ncc(C(=O)Cl)c1C. The van der Waals surface area contributed by atoms with Gasteiger partial charge >= 0.3 is 0 Å². The first-order chi connectivity index (χ1) is 5.16. The Morgan fingerprint density at radius 2 is 2.45 bits per heavy atom. The molecule has 0 aromatic carbocycles. The smallest absolute Gasteiger partial charge is 0.255 e. The maximum atomic E-state index is 10.7. The van der Waals surface area contributed by atoms with E-state index >= 15 is 0 Å². The van der Waals surface area contributed by atoms with Gasteiger partial charge in [-0.05, 0) is 25.4 Å². The summed E-state index contributed by atoms with van der Waals surface area (Å²) < 4.78 is 1.73. The van der Waals surface area contributed by atoms with E-state index in [0.29, 0.717) is 5.56 Å². The topological polar surface area (TPSA) is 34.9 Å². The molecule has 0 N–H and O–H groups in total. The summed E-state index contributed by atoms with van der Waals surface area (Å²) in [6.07, 6.45) is 1.49. The number of nitrogens with zero attached hydrogens (tertiary/aromatic N) is 2. The number of aromatic nitrogens is 2. The van der Waals surface area contributed by atoms with Crippen LogP contribution in [0.3, 0.4) is 0 Å². The monoisotopic (exact) mass is 172 g/mol. The van der Waals surface area contributed by atoms with E-state index < -0.39 is 5.24 Å². The lowest BCUT2D eigenvalue weighted by atomic mass is 10.3. The molecule has 0 spiro atoms. The molecule has 0 saturated carbocycles. The third-order valence-corrected chi connectivity index (χ3v) is 1.82. The predicted molar refractivity (Wildman–Crippen MR) is 42.8 cm³/mol. The van der Waals surface area contributed by atoms with Crippen LogP contribution in [0.25, 0.3) is 0 Å². The number of hydrogen-bond acceptors (Lipinski definition) is 2. The summed E-state index contributed by atoms with van der Waals surface area (Å²) in [5.41, 5.74) is 1.32. The molecule has 0 amide bonds. The van der Waals surface area contributed by atoms with Crippen molar-refractivity contribution in [2.45, 2.75) is 20.4 Å². The molecule has 0 aliphatic rings. The summed E-state index contributed by atoms with van der Waals surface area (Å²) >= 11 is 5.29. The van der Waals surface area contributed by atoms with Crippen LogP contribution in [0.15, 0.2) is 6.20 Å². The maximum Gasteiger partial charge on any atom is 0.255 e. The average Bonchev–Trinajstić information content (AvgIpc) is 2.30. The molecule has 0 radical (unpaired) electrons. The van der Waals surface area contributed by atoms with E-state index in [1.165, 1.54) is 6.20 Å². The lowest BCUT2D eigenvalue weighted by molar-refractivity contribution is 0.108. The Morgan fingerprint density at radius 1 is 1.82 bits per heavy atom. The molecule has 0 aliphatic carbocycles. The van der Waals surface area contributed by atoms with E-state index in [1.54, 1.807) is 4.68 Å². The number of hydrogen-bond donors (Lipinski definition) is 0. The standard InChI is InChI=1S/C7H9ClN2O/c1-3-10-5(2)6(4-9-10)7(8)11/h4H,3H2,1-2H3. The van der Waals surface area contributed by atoms with Gasteiger partial charge in [-0.25, -0.2) is 0 Å². The van der Waals surface area contributed by atoms with Crippen LogP contribution >= 0.6 is 11.6 Å². The van der Waals surface area contributed by atoms with Crippen molar-refractivity contribution >= 4 is 16.8 Å². The van der Waals surface area contributed by atoms with E-state index in [9.17, 15) is 4.79 Å². The highest BCUT2D eigenvalue weighted by Gasteiger charge is 2.09. The summed E-state index contributed by atoms with van der Waals surface area (Å²) in [6.45, 7) is 4.55. The van der Waals surface area contributed by atoms with Gasteiger partial charge in [0, 0.05) is 12.2 Å². The molecule has 1 heterocycles. The molecule has 0 fully saturated rings. The lowest BCUT2D eigenvalue weighted by Crippen LogP contribution is -2.00. The Kier molecular flexibility index (Phi) is 2.29. The van der Waals surface area contributed by atoms with Crippen LogP contribution in [0.2, 0.25) is 0 Å². The van der Waals surface area contributed by atoms with Crippen molar-refractivity contribution in [2.75, 3.05) is 0 Å². The maximum absolute atomic E-state index is 10.7. The minimum atomic E-state index is -0.442. The minimum Gasteiger partial charge on any atom is -0.275 e. The van der Waals surface area contributed by atoms with Crippen molar-refractivity contribution in [1.82, 2.24) is 9.78 Å². The highest BCUT2D eigenvalue weighted by molar-refractivity contribution is 6.67. The number of carbonyl (C=O) groups is 1. The molecule has 60 valence electrons. The Hall–Kier alpha value is -0.830. The first-order valence-electron chi connectivity index (χ1n) is 3.39. The third kappa shape index (κ3) is 1.43. The van der Waals surface area contributed by atoms with Gasteiger partial charge in [0.25, 0.3) is 5.24 Å². The lowest BCUT2D eigenvalue weighted by Gasteiger charge is -1.97. The molecule has 0 saturated heterocycles. The van der Waals surface area contributed by atoms with E-state index in [2.05, 4.69) is 5.10 Å². The largest absolute Gasteiger partial charge is 0.275 e. The van der Waals surface area contributed by atoms with Crippen molar-refractivity contribution in [3.8, 4) is 0 Å². The fourth-order valence-corrected chi connectivity index (χ4v) is 1.14. The van der Waals surface area contributed by atoms with Crippen LogP contribution < -0.4 is 0 Å². The molecule has 1 rings (SSSR count). The fraction of sp³-hybridized carbons (Fsp3) is 0.429. The van der Waals surface area contributed by atoms with E-state index in [0.717, 1.165) is 12.2 Å². The second-order valence-electron chi connectivity index (χ2n) is 2.23. The zero-order valence-corrected chi connectivity index (χ0v) is 7.22. The zero-order chi connectivity index (χ0) is 8.43. The molecule has 1 aromatic rings. The molecule has 0 unspecified atom stereocenters. The van der Waals surface area contributed by atoms with Gasteiger partial charge in [0.05, 0.1) is 11.8 Å². The third-order valence-electron chi connectivity index (χ3n) is 1.61. The van der Waals surface area contributed by atoms with Crippen molar-refractivity contribution < 1.29 is 4.79 Å². The van der Waals surface area contributed by atoms with Crippen molar-refractivity contribution in [2.24, 2.45) is 0 Å². The Morgan fingerprint density at radius 3 is 2.73 bits per heavy atom. The molecule has 11 heavy (non-hydrogen) atoms. The van der Waals surface area contributed by atoms with Crippen LogP contribution in [0.1, 0.15) is 23.0 Å². The molecule has 0 atom stereocenters. The minimum absolute atomic E-state index is 0.442. The van der Waals surface area contributed by atoms with E-state index in [-0.39, 0.29) is 0 Å². The summed E-state index contributed by atoms with van der Waals surface area (Å²) in [7, 11) is 0. The van der Waals surface area contributed by atoms with Crippen LogP contribution in [0, 0.1) is 6.92 Å². The van der Waals surface area contributed by atoms with Crippen molar-refractivity contribution in [3.63, 3.8) is 0 Å². The summed E-state index contributed by atoms with van der Waals surface area (Å²) in [4.78, 5) is 10.7. The highest BCUT2D eigenvalue weighted by atomic mass is 35.5. The van der Waals surface area contributed by atoms with Gasteiger partial charge in [0.15, 0.2) is 0 Å². The summed E-state index contributed by atoms with van der Waals surface area (Å²) in [6, 6.07) is 0. The molecule has 3 nitrogen and oxygen atoms in total. The van der Waals surface area contributed by atoms with Crippen LogP contribution in [0.4, 0.5) is 0 Å². The van der Waals surface area contributed by atoms with Gasteiger partial charge in [-0.3, -0.25) is 9.48 Å². The van der Waals surface area contributed by atoms with Crippen LogP contribution in [0.5, 0.6) is 0 Å². The Balaban J connectivity index is 3.10. The van der Waals surface area contributed by atoms with E-state index in [1.807, 2.05) is 13.8 Å². The van der Waals surface area contributed by atoms with Crippen LogP contribution in [-0.2, 0) is 6.54 Å². The van der Waals surface area contributed by atoms with Gasteiger partial charge in [-0.2, -0.15) is 5.10 Å². The van der Waals surface area contributed by atoms with Gasteiger partial charge < -0.3 is 0 Å². The highest BCUT2D eigenvalue weighted by Crippen LogP contribution is 2.09. The number of aryl methyl sites for hydroxylation is 1. The Labute approximate surface area is 70.0 Å². The molecule has 0 aliphatic heterocycles. The quantitative estimate of drug-likeness (QED) is 0.635. The van der Waals surface area contributed by atoms with Crippen molar-refractivity contribution in [1.29, 1.82) is 0 Å². The first kappa shape index (κ1) is 8.27. The molecule has 4 heteroatoms. The number of halogens is 1. The van der Waals surface area contributed by atoms with Gasteiger partial charge in [-0.1, -0.05) is 0 Å². The predicted octanol–water partition coefficient (Wildman–Crippen LogP) is 1.59. The number of carbonyl (C=O) groups excluding carboxylic acids is 1. The first-order valence-corrected chi connectivity index (χ1v) is 3.76. The second-order valence-corrected chi connectivity index (χ2v) is 2.58. The number of rotatable bonds is 2. The zero-order valence-electron chi connectivity index (χ0n) is 6.47. The average molecular weight is 173 g/mol. The van der Waals surface area contributed by atoms with Crippen LogP contribution in [-0.4, -0.2) is 15.0 Å². The molecular formula is C7H9ClN2O. The summed E-state index contributed by atoms with van der Waals surface area (Å²) in [5, 5.41) is 3.52. The van der Waals surface area contributed by atoms with Gasteiger partial charge in [-0.15, -0.1) is 0 Å². The Bertz CT molecular complexity index is 280. The molecule has 0 bridgehead atoms. The molecular weight excluding hydrogens is 164 g/mol.